The van der Waals surface area contributed by atoms with E-state index in [-0.39, 0.29) is 5.91 Å². The Morgan fingerprint density at radius 1 is 1.55 bits per heavy atom. The molecule has 1 saturated heterocycles. The van der Waals surface area contributed by atoms with E-state index in [1.54, 1.807) is 12.1 Å². The molecular formula is C16H21N3O. The van der Waals surface area contributed by atoms with E-state index in [4.69, 9.17) is 5.26 Å². The summed E-state index contributed by atoms with van der Waals surface area (Å²) in [5.41, 5.74) is 2.30. The van der Waals surface area contributed by atoms with Gasteiger partial charge in [-0.25, -0.2) is 0 Å². The maximum absolute atomic E-state index is 12.0. The maximum atomic E-state index is 12.0. The molecule has 1 aromatic carbocycles. The molecule has 1 aliphatic rings. The van der Waals surface area contributed by atoms with Gasteiger partial charge in [0.05, 0.1) is 11.6 Å². The van der Waals surface area contributed by atoms with Gasteiger partial charge in [0.25, 0.3) is 0 Å². The molecule has 1 fully saturated rings. The molecule has 0 saturated carbocycles. The average molecular weight is 271 g/mol. The number of aryl methyl sites for hydroxylation is 1. The van der Waals surface area contributed by atoms with Crippen LogP contribution in [0, 0.1) is 24.2 Å². The van der Waals surface area contributed by atoms with Crippen molar-refractivity contribution in [3.8, 4) is 6.07 Å². The zero-order valence-corrected chi connectivity index (χ0v) is 11.9. The summed E-state index contributed by atoms with van der Waals surface area (Å²) in [6, 6.07) is 7.45. The second-order valence-corrected chi connectivity index (χ2v) is 5.44. The molecule has 106 valence electrons. The predicted molar refractivity (Wildman–Crippen MR) is 79.4 cm³/mol. The van der Waals surface area contributed by atoms with Crippen LogP contribution in [0.25, 0.3) is 0 Å². The van der Waals surface area contributed by atoms with E-state index in [2.05, 4.69) is 16.7 Å². The number of nitrogens with one attached hydrogen (secondary N) is 2. The number of anilines is 1. The third-order valence-corrected chi connectivity index (χ3v) is 3.82. The number of benzene rings is 1. The number of nitrogens with zero attached hydrogens (tertiary/aromatic N) is 1. The van der Waals surface area contributed by atoms with E-state index in [9.17, 15) is 4.79 Å². The van der Waals surface area contributed by atoms with E-state index < -0.39 is 0 Å². The third kappa shape index (κ3) is 4.07. The molecule has 2 rings (SSSR count). The summed E-state index contributed by atoms with van der Waals surface area (Å²) >= 11 is 0. The van der Waals surface area contributed by atoms with Gasteiger partial charge in [-0.05, 0) is 62.9 Å². The average Bonchev–Trinajstić information content (AvgIpc) is 2.48. The van der Waals surface area contributed by atoms with E-state index >= 15 is 0 Å². The van der Waals surface area contributed by atoms with E-state index in [0.717, 1.165) is 30.8 Å². The topological polar surface area (TPSA) is 64.9 Å². The van der Waals surface area contributed by atoms with Crippen LogP contribution in [0.5, 0.6) is 0 Å². The molecule has 0 radical (unpaired) electrons. The number of hydrogen-bond acceptors (Lipinski definition) is 3. The molecule has 4 nitrogen and oxygen atoms in total. The van der Waals surface area contributed by atoms with Gasteiger partial charge in [0.1, 0.15) is 0 Å². The summed E-state index contributed by atoms with van der Waals surface area (Å²) in [6.07, 6.45) is 3.89. The second-order valence-electron chi connectivity index (χ2n) is 5.44. The minimum Gasteiger partial charge on any atom is -0.326 e. The van der Waals surface area contributed by atoms with Crippen LogP contribution >= 0.6 is 0 Å². The SMILES string of the molecule is Cc1ccc(C#N)cc1NC(=O)CCC1CCCNC1. The van der Waals surface area contributed by atoms with Crippen molar-refractivity contribution in [2.45, 2.75) is 32.6 Å². The van der Waals surface area contributed by atoms with Gasteiger partial charge in [-0.3, -0.25) is 4.79 Å². The van der Waals surface area contributed by atoms with Crippen LogP contribution in [0.4, 0.5) is 5.69 Å². The van der Waals surface area contributed by atoms with Crippen molar-refractivity contribution in [2.24, 2.45) is 5.92 Å². The molecule has 2 N–H and O–H groups in total. The number of piperidine rings is 1. The van der Waals surface area contributed by atoms with Crippen LogP contribution < -0.4 is 10.6 Å². The molecule has 20 heavy (non-hydrogen) atoms. The van der Waals surface area contributed by atoms with Crippen LogP contribution in [0.15, 0.2) is 18.2 Å². The number of hydrogen-bond donors (Lipinski definition) is 2. The number of carbonyl (C=O) groups is 1. The first-order valence-corrected chi connectivity index (χ1v) is 7.20. The lowest BCUT2D eigenvalue weighted by molar-refractivity contribution is -0.116. The zero-order chi connectivity index (χ0) is 14.4. The smallest absolute Gasteiger partial charge is 0.224 e. The van der Waals surface area contributed by atoms with Gasteiger partial charge in [-0.2, -0.15) is 5.26 Å². The summed E-state index contributed by atoms with van der Waals surface area (Å²) < 4.78 is 0. The minimum absolute atomic E-state index is 0.0359. The third-order valence-electron chi connectivity index (χ3n) is 3.82. The largest absolute Gasteiger partial charge is 0.326 e. The van der Waals surface area contributed by atoms with Gasteiger partial charge in [-0.1, -0.05) is 6.07 Å². The Kier molecular flexibility index (Phi) is 5.14. The molecule has 1 unspecified atom stereocenters. The molecule has 1 amide bonds. The quantitative estimate of drug-likeness (QED) is 0.884. The molecule has 1 atom stereocenters. The summed E-state index contributed by atoms with van der Waals surface area (Å²) in [4.78, 5) is 12.0. The van der Waals surface area contributed by atoms with Crippen molar-refractivity contribution in [3.05, 3.63) is 29.3 Å². The number of amides is 1. The van der Waals surface area contributed by atoms with Gasteiger partial charge in [-0.15, -0.1) is 0 Å². The Hall–Kier alpha value is -1.86. The van der Waals surface area contributed by atoms with Crippen molar-refractivity contribution < 1.29 is 4.79 Å². The molecule has 1 aromatic rings. The zero-order valence-electron chi connectivity index (χ0n) is 11.9. The maximum Gasteiger partial charge on any atom is 0.224 e. The predicted octanol–water partition coefficient (Wildman–Crippen LogP) is 2.58. The van der Waals surface area contributed by atoms with Crippen molar-refractivity contribution in [1.82, 2.24) is 5.32 Å². The standard InChI is InChI=1S/C16H21N3O/c1-12-4-5-14(10-17)9-15(12)19-16(20)7-6-13-3-2-8-18-11-13/h4-5,9,13,18H,2-3,6-8,11H2,1H3,(H,19,20). The summed E-state index contributed by atoms with van der Waals surface area (Å²) in [5.74, 6) is 0.648. The van der Waals surface area contributed by atoms with Crippen LogP contribution in [0.2, 0.25) is 0 Å². The molecule has 0 bridgehead atoms. The first-order chi connectivity index (χ1) is 9.69. The van der Waals surface area contributed by atoms with Crippen LogP contribution in [-0.2, 0) is 4.79 Å². The highest BCUT2D eigenvalue weighted by molar-refractivity contribution is 5.91. The summed E-state index contributed by atoms with van der Waals surface area (Å²) in [6.45, 7) is 4.06. The fourth-order valence-electron chi connectivity index (χ4n) is 2.54. The Labute approximate surface area is 120 Å². The lowest BCUT2D eigenvalue weighted by Gasteiger charge is -2.22. The molecule has 0 spiro atoms. The van der Waals surface area contributed by atoms with E-state index in [1.807, 2.05) is 13.0 Å². The highest BCUT2D eigenvalue weighted by Gasteiger charge is 2.14. The Morgan fingerprint density at radius 3 is 3.10 bits per heavy atom. The lowest BCUT2D eigenvalue weighted by Crippen LogP contribution is -2.30. The van der Waals surface area contributed by atoms with Crippen molar-refractivity contribution >= 4 is 11.6 Å². The van der Waals surface area contributed by atoms with E-state index in [1.165, 1.54) is 12.8 Å². The van der Waals surface area contributed by atoms with Gasteiger partial charge < -0.3 is 10.6 Å². The molecule has 1 aliphatic heterocycles. The van der Waals surface area contributed by atoms with Crippen LogP contribution in [0.1, 0.15) is 36.8 Å². The van der Waals surface area contributed by atoms with Gasteiger partial charge in [0.15, 0.2) is 0 Å². The van der Waals surface area contributed by atoms with Crippen molar-refractivity contribution in [3.63, 3.8) is 0 Å². The van der Waals surface area contributed by atoms with Crippen molar-refractivity contribution in [1.29, 1.82) is 5.26 Å². The fraction of sp³-hybridized carbons (Fsp3) is 0.500. The van der Waals surface area contributed by atoms with Gasteiger partial charge in [0, 0.05) is 12.1 Å². The highest BCUT2D eigenvalue weighted by Crippen LogP contribution is 2.19. The molecule has 4 heteroatoms. The second kappa shape index (κ2) is 7.06. The van der Waals surface area contributed by atoms with Gasteiger partial charge >= 0.3 is 0 Å². The van der Waals surface area contributed by atoms with E-state index in [0.29, 0.717) is 17.9 Å². The minimum atomic E-state index is 0.0359. The molecule has 1 heterocycles. The highest BCUT2D eigenvalue weighted by atomic mass is 16.1. The number of rotatable bonds is 4. The Balaban J connectivity index is 1.86. The Bertz CT molecular complexity index is 513. The monoisotopic (exact) mass is 271 g/mol. The summed E-state index contributed by atoms with van der Waals surface area (Å²) in [5, 5.41) is 15.2. The van der Waals surface area contributed by atoms with Crippen LogP contribution in [-0.4, -0.2) is 19.0 Å². The molecule has 0 aromatic heterocycles. The van der Waals surface area contributed by atoms with Crippen molar-refractivity contribution in [2.75, 3.05) is 18.4 Å². The number of nitriles is 1. The first kappa shape index (κ1) is 14.5. The summed E-state index contributed by atoms with van der Waals surface area (Å²) in [7, 11) is 0. The molecule has 0 aliphatic carbocycles. The Morgan fingerprint density at radius 2 is 2.40 bits per heavy atom. The van der Waals surface area contributed by atoms with Crippen LogP contribution in [0.3, 0.4) is 0 Å². The lowest BCUT2D eigenvalue weighted by atomic mass is 9.94. The fourth-order valence-corrected chi connectivity index (χ4v) is 2.54. The van der Waals surface area contributed by atoms with Gasteiger partial charge in [0.2, 0.25) is 5.91 Å². The number of carbonyl (C=O) groups excluding carboxylic acids is 1. The normalized spacial score (nSPS) is 18.3. The molecular weight excluding hydrogens is 250 g/mol. The first-order valence-electron chi connectivity index (χ1n) is 7.20.